The molecule has 0 radical (unpaired) electrons. The molecule has 0 spiro atoms. The minimum absolute atomic E-state index is 0.549. The average Bonchev–Trinajstić information content (AvgIpc) is 3.01. The molecule has 0 bridgehead atoms. The Kier molecular flexibility index (Phi) is 2.14. The van der Waals surface area contributed by atoms with Gasteiger partial charge in [0.1, 0.15) is 0 Å². The van der Waals surface area contributed by atoms with Crippen molar-refractivity contribution in [3.63, 3.8) is 0 Å². The maximum Gasteiger partial charge on any atom is 0.0934 e. The molecule has 0 aromatic carbocycles. The smallest absolute Gasteiger partial charge is 0.0934 e. The van der Waals surface area contributed by atoms with Crippen molar-refractivity contribution < 1.29 is 0 Å². The molecule has 0 saturated carbocycles. The zero-order valence-corrected chi connectivity index (χ0v) is 10.8. The van der Waals surface area contributed by atoms with Crippen molar-refractivity contribution in [2.24, 2.45) is 0 Å². The lowest BCUT2D eigenvalue weighted by molar-refractivity contribution is -0.138. The molecule has 100 valence electrons. The van der Waals surface area contributed by atoms with E-state index in [2.05, 4.69) is 30.2 Å². The second-order valence-electron chi connectivity index (χ2n) is 6.17. The lowest BCUT2D eigenvalue weighted by Crippen LogP contribution is -2.79. The minimum atomic E-state index is 0.549. The zero-order valence-electron chi connectivity index (χ0n) is 10.8. The Bertz CT molecular complexity index is 328. The van der Waals surface area contributed by atoms with Gasteiger partial charge in [-0.1, -0.05) is 0 Å². The lowest BCUT2D eigenvalue weighted by Gasteiger charge is -2.57. The number of nitrogens with one attached hydrogen (secondary N) is 2. The Morgan fingerprint density at radius 2 is 1.11 bits per heavy atom. The first-order valence-electron chi connectivity index (χ1n) is 7.40. The van der Waals surface area contributed by atoms with Crippen LogP contribution in [-0.4, -0.2) is 96.6 Å². The molecule has 6 nitrogen and oxygen atoms in total. The highest BCUT2D eigenvalue weighted by molar-refractivity contribution is 5.08. The van der Waals surface area contributed by atoms with E-state index in [9.17, 15) is 0 Å². The van der Waals surface area contributed by atoms with Gasteiger partial charge in [0.2, 0.25) is 0 Å². The molecule has 0 aromatic rings. The fraction of sp³-hybridized carbons (Fsp3) is 1.00. The summed E-state index contributed by atoms with van der Waals surface area (Å²) in [5, 5.41) is 7.54. The van der Waals surface area contributed by atoms with Gasteiger partial charge in [-0.05, 0) is 0 Å². The Morgan fingerprint density at radius 3 is 1.61 bits per heavy atom. The highest BCUT2D eigenvalue weighted by Gasteiger charge is 2.57. The molecule has 2 N–H and O–H groups in total. The van der Waals surface area contributed by atoms with Gasteiger partial charge in [-0.3, -0.25) is 30.2 Å². The molecule has 5 saturated heterocycles. The van der Waals surface area contributed by atoms with Crippen molar-refractivity contribution in [3.05, 3.63) is 0 Å². The molecule has 0 aromatic heterocycles. The SMILES string of the molecule is C1CN2CCN3[C@@H]4NCCN5CCN([C@H](N1)[C@@H]23)[C@@H]45. The molecular weight excluding hydrogens is 228 g/mol. The van der Waals surface area contributed by atoms with Gasteiger partial charge in [-0.15, -0.1) is 0 Å². The number of hydrogen-bond acceptors (Lipinski definition) is 6. The van der Waals surface area contributed by atoms with Crippen LogP contribution in [0.25, 0.3) is 0 Å². The molecule has 0 aliphatic carbocycles. The first kappa shape index (κ1) is 10.5. The van der Waals surface area contributed by atoms with Crippen molar-refractivity contribution in [3.8, 4) is 0 Å². The Labute approximate surface area is 108 Å². The maximum atomic E-state index is 3.77. The molecule has 0 unspecified atom stereocenters. The molecule has 5 aliphatic rings. The average molecular weight is 250 g/mol. The number of nitrogens with zero attached hydrogens (tertiary/aromatic N) is 4. The van der Waals surface area contributed by atoms with Crippen molar-refractivity contribution in [2.75, 3.05) is 52.4 Å². The Balaban J connectivity index is 1.57. The molecule has 5 rings (SSSR count). The summed E-state index contributed by atoms with van der Waals surface area (Å²) >= 11 is 0. The second-order valence-corrected chi connectivity index (χ2v) is 6.17. The van der Waals surface area contributed by atoms with Crippen LogP contribution in [0.5, 0.6) is 0 Å². The summed E-state index contributed by atoms with van der Waals surface area (Å²) in [6.45, 7) is 9.70. The summed E-state index contributed by atoms with van der Waals surface area (Å²) in [5.41, 5.74) is 0. The first-order chi connectivity index (χ1) is 8.93. The molecule has 0 amide bonds. The summed E-state index contributed by atoms with van der Waals surface area (Å²) in [6, 6.07) is 0. The van der Waals surface area contributed by atoms with E-state index < -0.39 is 0 Å². The predicted molar refractivity (Wildman–Crippen MR) is 67.7 cm³/mol. The maximum absolute atomic E-state index is 3.77. The quantitative estimate of drug-likeness (QED) is 0.506. The van der Waals surface area contributed by atoms with Crippen LogP contribution in [0.3, 0.4) is 0 Å². The third kappa shape index (κ3) is 1.19. The summed E-state index contributed by atoms with van der Waals surface area (Å²) < 4.78 is 0. The fourth-order valence-electron chi connectivity index (χ4n) is 4.79. The van der Waals surface area contributed by atoms with Crippen LogP contribution in [0.4, 0.5) is 0 Å². The van der Waals surface area contributed by atoms with Crippen LogP contribution in [0, 0.1) is 0 Å². The van der Waals surface area contributed by atoms with Crippen LogP contribution in [0.1, 0.15) is 0 Å². The number of piperazine rings is 3. The van der Waals surface area contributed by atoms with E-state index in [4.69, 9.17) is 0 Å². The third-order valence-corrected chi connectivity index (χ3v) is 5.50. The normalized spacial score (nSPS) is 49.3. The van der Waals surface area contributed by atoms with Crippen LogP contribution >= 0.6 is 0 Å². The van der Waals surface area contributed by atoms with Crippen LogP contribution < -0.4 is 10.6 Å². The number of fused-ring (bicyclic) bond motifs is 2. The molecule has 5 fully saturated rings. The Hall–Kier alpha value is -0.240. The van der Waals surface area contributed by atoms with Gasteiger partial charge in [-0.25, -0.2) is 0 Å². The highest BCUT2D eigenvalue weighted by atomic mass is 15.6. The van der Waals surface area contributed by atoms with Crippen molar-refractivity contribution in [1.82, 2.24) is 30.2 Å². The van der Waals surface area contributed by atoms with Gasteiger partial charge >= 0.3 is 0 Å². The van der Waals surface area contributed by atoms with E-state index in [1.54, 1.807) is 0 Å². The molecule has 4 atom stereocenters. The summed E-state index contributed by atoms with van der Waals surface area (Å²) in [7, 11) is 0. The van der Waals surface area contributed by atoms with Gasteiger partial charge in [-0.2, -0.15) is 0 Å². The molecule has 18 heavy (non-hydrogen) atoms. The van der Waals surface area contributed by atoms with Gasteiger partial charge < -0.3 is 0 Å². The van der Waals surface area contributed by atoms with Crippen molar-refractivity contribution >= 4 is 0 Å². The lowest BCUT2D eigenvalue weighted by atomic mass is 10.1. The molecule has 5 aliphatic heterocycles. The fourth-order valence-corrected chi connectivity index (χ4v) is 4.79. The Morgan fingerprint density at radius 1 is 0.611 bits per heavy atom. The van der Waals surface area contributed by atoms with Gasteiger partial charge in [0.05, 0.1) is 24.7 Å². The molecular formula is C12H22N6. The largest absolute Gasteiger partial charge is 0.298 e. The van der Waals surface area contributed by atoms with E-state index in [0.29, 0.717) is 24.7 Å². The second kappa shape index (κ2) is 3.65. The summed E-state index contributed by atoms with van der Waals surface area (Å²) in [6.07, 6.45) is 2.30. The van der Waals surface area contributed by atoms with Crippen LogP contribution in [0.15, 0.2) is 0 Å². The zero-order chi connectivity index (χ0) is 11.7. The predicted octanol–water partition coefficient (Wildman–Crippen LogP) is -2.25. The van der Waals surface area contributed by atoms with E-state index in [1.165, 1.54) is 39.3 Å². The monoisotopic (exact) mass is 250 g/mol. The van der Waals surface area contributed by atoms with E-state index >= 15 is 0 Å². The van der Waals surface area contributed by atoms with Crippen LogP contribution in [-0.2, 0) is 0 Å². The molecule has 6 heteroatoms. The van der Waals surface area contributed by atoms with Crippen molar-refractivity contribution in [2.45, 2.75) is 24.7 Å². The number of rotatable bonds is 0. The van der Waals surface area contributed by atoms with E-state index in [-0.39, 0.29) is 0 Å². The van der Waals surface area contributed by atoms with Gasteiger partial charge in [0, 0.05) is 52.4 Å². The highest BCUT2D eigenvalue weighted by Crippen LogP contribution is 2.36. The van der Waals surface area contributed by atoms with E-state index in [1.807, 2.05) is 0 Å². The third-order valence-electron chi connectivity index (χ3n) is 5.50. The first-order valence-corrected chi connectivity index (χ1v) is 7.40. The van der Waals surface area contributed by atoms with Gasteiger partial charge in [0.15, 0.2) is 0 Å². The van der Waals surface area contributed by atoms with Crippen LogP contribution in [0.2, 0.25) is 0 Å². The van der Waals surface area contributed by atoms with Crippen molar-refractivity contribution in [1.29, 1.82) is 0 Å². The summed E-state index contributed by atoms with van der Waals surface area (Å²) in [5.74, 6) is 0. The molecule has 5 heterocycles. The standard InChI is InChI=1S/C12H22N6/c1-3-15-5-7-18-10-12-16(4-2-14-10)6-8-17(12)9(13-1)11(15)18/h9-14H,1-8H2/t9-,10-,11-,12-/m0/s1. The van der Waals surface area contributed by atoms with Gasteiger partial charge in [0.25, 0.3) is 0 Å². The minimum Gasteiger partial charge on any atom is -0.298 e. The summed E-state index contributed by atoms with van der Waals surface area (Å²) in [4.78, 5) is 10.8. The number of hydrogen-bond donors (Lipinski definition) is 2. The topological polar surface area (TPSA) is 37.0 Å². The van der Waals surface area contributed by atoms with E-state index in [0.717, 1.165) is 13.1 Å².